The first-order chi connectivity index (χ1) is 15.3. The zero-order valence-corrected chi connectivity index (χ0v) is 18.2. The summed E-state index contributed by atoms with van der Waals surface area (Å²) in [5.41, 5.74) is 1.60. The van der Waals surface area contributed by atoms with E-state index in [2.05, 4.69) is 5.10 Å². The number of ether oxygens (including phenoxy) is 1. The minimum atomic E-state index is -0.653. The first kappa shape index (κ1) is 21.3. The maximum absolute atomic E-state index is 13.2. The van der Waals surface area contributed by atoms with Gasteiger partial charge in [0.25, 0.3) is 5.91 Å². The minimum absolute atomic E-state index is 0.150. The molecule has 8 heteroatoms. The Kier molecular flexibility index (Phi) is 5.52. The van der Waals surface area contributed by atoms with Crippen LogP contribution < -0.4 is 4.90 Å². The van der Waals surface area contributed by atoms with E-state index in [1.807, 2.05) is 24.3 Å². The van der Waals surface area contributed by atoms with E-state index >= 15 is 0 Å². The van der Waals surface area contributed by atoms with Gasteiger partial charge in [0.15, 0.2) is 5.82 Å². The average molecular weight is 432 g/mol. The molecule has 32 heavy (non-hydrogen) atoms. The second kappa shape index (κ2) is 8.30. The number of aromatic nitrogens is 2. The van der Waals surface area contributed by atoms with Crippen LogP contribution in [0.3, 0.4) is 0 Å². The van der Waals surface area contributed by atoms with Crippen molar-refractivity contribution in [2.45, 2.75) is 39.5 Å². The SMILES string of the molecule is CC(C)(C)OC(=O)N1Cc2c(N(C=O)c3ccccc3)nn(C(=O)c3ccccc3)c2C1. The number of hydrogen-bond donors (Lipinski definition) is 0. The van der Waals surface area contributed by atoms with E-state index in [1.165, 1.54) is 14.5 Å². The molecule has 0 radical (unpaired) electrons. The number of hydrogen-bond acceptors (Lipinski definition) is 5. The summed E-state index contributed by atoms with van der Waals surface area (Å²) in [5, 5.41) is 4.51. The molecule has 0 fully saturated rings. The number of carbonyl (C=O) groups excluding carboxylic acids is 3. The molecule has 8 nitrogen and oxygen atoms in total. The summed E-state index contributed by atoms with van der Waals surface area (Å²) in [7, 11) is 0. The number of rotatable bonds is 4. The highest BCUT2D eigenvalue weighted by Crippen LogP contribution is 2.35. The fraction of sp³-hybridized carbons (Fsp3) is 0.250. The molecule has 0 N–H and O–H groups in total. The van der Waals surface area contributed by atoms with E-state index in [1.54, 1.807) is 57.2 Å². The highest BCUT2D eigenvalue weighted by atomic mass is 16.6. The van der Waals surface area contributed by atoms with Crippen LogP contribution in [0.1, 0.15) is 42.4 Å². The number of carbonyl (C=O) groups is 3. The van der Waals surface area contributed by atoms with Gasteiger partial charge in [-0.3, -0.25) is 19.4 Å². The molecular weight excluding hydrogens is 408 g/mol. The van der Waals surface area contributed by atoms with Crippen molar-refractivity contribution in [2.75, 3.05) is 4.90 Å². The second-order valence-electron chi connectivity index (χ2n) is 8.48. The van der Waals surface area contributed by atoms with Crippen LogP contribution >= 0.6 is 0 Å². The molecule has 2 aromatic carbocycles. The van der Waals surface area contributed by atoms with Gasteiger partial charge in [0.05, 0.1) is 24.5 Å². The molecule has 0 saturated carbocycles. The number of para-hydroxylation sites is 1. The predicted molar refractivity (Wildman–Crippen MR) is 119 cm³/mol. The molecule has 1 aliphatic heterocycles. The maximum Gasteiger partial charge on any atom is 0.410 e. The highest BCUT2D eigenvalue weighted by molar-refractivity contribution is 5.97. The molecule has 0 saturated heterocycles. The van der Waals surface area contributed by atoms with Gasteiger partial charge in [0.1, 0.15) is 5.60 Å². The van der Waals surface area contributed by atoms with Crippen molar-refractivity contribution in [3.05, 3.63) is 77.5 Å². The lowest BCUT2D eigenvalue weighted by Crippen LogP contribution is -2.34. The molecule has 0 unspecified atom stereocenters. The lowest BCUT2D eigenvalue weighted by Gasteiger charge is -2.24. The summed E-state index contributed by atoms with van der Waals surface area (Å²) >= 11 is 0. The standard InChI is InChI=1S/C24H24N4O4/c1-24(2,3)32-23(31)26-14-19-20(15-26)28(22(30)17-10-6-4-7-11-17)25-21(19)27(16-29)18-12-8-5-9-13-18/h4-13,16H,14-15H2,1-3H3. The topological polar surface area (TPSA) is 84.7 Å². The first-order valence-corrected chi connectivity index (χ1v) is 10.3. The van der Waals surface area contributed by atoms with Gasteiger partial charge in [-0.05, 0) is 45.0 Å². The summed E-state index contributed by atoms with van der Waals surface area (Å²) in [6, 6.07) is 17.8. The Morgan fingerprint density at radius 1 is 1.00 bits per heavy atom. The number of amides is 2. The predicted octanol–water partition coefficient (Wildman–Crippen LogP) is 4.12. The van der Waals surface area contributed by atoms with Gasteiger partial charge >= 0.3 is 6.09 Å². The Bertz CT molecular complexity index is 1150. The van der Waals surface area contributed by atoms with E-state index in [0.29, 0.717) is 34.7 Å². The van der Waals surface area contributed by atoms with E-state index < -0.39 is 11.7 Å². The summed E-state index contributed by atoms with van der Waals surface area (Å²) < 4.78 is 6.79. The smallest absolute Gasteiger partial charge is 0.410 e. The van der Waals surface area contributed by atoms with Gasteiger partial charge in [-0.15, -0.1) is 5.10 Å². The Morgan fingerprint density at radius 3 is 2.22 bits per heavy atom. The molecular formula is C24H24N4O4. The molecule has 0 atom stereocenters. The molecule has 1 aromatic heterocycles. The van der Waals surface area contributed by atoms with Gasteiger partial charge in [0.2, 0.25) is 6.41 Å². The van der Waals surface area contributed by atoms with Crippen LogP contribution in [0, 0.1) is 0 Å². The number of benzene rings is 2. The van der Waals surface area contributed by atoms with Crippen LogP contribution in [0.4, 0.5) is 16.3 Å². The van der Waals surface area contributed by atoms with E-state index in [0.717, 1.165) is 0 Å². The largest absolute Gasteiger partial charge is 0.444 e. The van der Waals surface area contributed by atoms with E-state index in [9.17, 15) is 14.4 Å². The molecule has 1 aliphatic rings. The van der Waals surface area contributed by atoms with Crippen LogP contribution in [0.5, 0.6) is 0 Å². The van der Waals surface area contributed by atoms with Gasteiger partial charge < -0.3 is 4.74 Å². The van der Waals surface area contributed by atoms with Gasteiger partial charge in [-0.1, -0.05) is 36.4 Å². The quantitative estimate of drug-likeness (QED) is 0.579. The molecule has 2 heterocycles. The third kappa shape index (κ3) is 4.12. The van der Waals surface area contributed by atoms with Crippen molar-refractivity contribution in [1.29, 1.82) is 0 Å². The van der Waals surface area contributed by atoms with Gasteiger partial charge in [-0.2, -0.15) is 4.68 Å². The summed E-state index contributed by atoms with van der Waals surface area (Å²) in [6.07, 6.45) is 0.168. The van der Waals surface area contributed by atoms with Crippen LogP contribution in [-0.2, 0) is 22.6 Å². The summed E-state index contributed by atoms with van der Waals surface area (Å²) in [5.74, 6) is -0.0189. The molecule has 3 aromatic rings. The fourth-order valence-corrected chi connectivity index (χ4v) is 3.57. The Morgan fingerprint density at radius 2 is 1.62 bits per heavy atom. The molecule has 0 aliphatic carbocycles. The van der Waals surface area contributed by atoms with E-state index in [-0.39, 0.29) is 19.0 Å². The second-order valence-corrected chi connectivity index (χ2v) is 8.48. The molecule has 4 rings (SSSR count). The zero-order valence-electron chi connectivity index (χ0n) is 18.2. The summed E-state index contributed by atoms with van der Waals surface area (Å²) in [4.78, 5) is 40.9. The third-order valence-corrected chi connectivity index (χ3v) is 4.99. The minimum Gasteiger partial charge on any atom is -0.444 e. The van der Waals surface area contributed by atoms with Gasteiger partial charge in [-0.25, -0.2) is 4.79 Å². The normalized spacial score (nSPS) is 12.9. The number of anilines is 2. The third-order valence-electron chi connectivity index (χ3n) is 4.99. The van der Waals surface area contributed by atoms with E-state index in [4.69, 9.17) is 4.74 Å². The van der Waals surface area contributed by atoms with Crippen LogP contribution in [0.25, 0.3) is 0 Å². The Labute approximate surface area is 186 Å². The average Bonchev–Trinajstić information content (AvgIpc) is 3.35. The zero-order chi connectivity index (χ0) is 22.9. The maximum atomic E-state index is 13.2. The fourth-order valence-electron chi connectivity index (χ4n) is 3.57. The summed E-state index contributed by atoms with van der Waals surface area (Å²) in [6.45, 7) is 5.72. The molecule has 2 amide bonds. The Hall–Kier alpha value is -3.94. The monoisotopic (exact) mass is 432 g/mol. The van der Waals surface area contributed by atoms with Crippen molar-refractivity contribution in [2.24, 2.45) is 0 Å². The molecule has 0 spiro atoms. The van der Waals surface area contributed by atoms with Crippen molar-refractivity contribution < 1.29 is 19.1 Å². The van der Waals surface area contributed by atoms with Crippen molar-refractivity contribution in [1.82, 2.24) is 14.7 Å². The van der Waals surface area contributed by atoms with Crippen LogP contribution in [0.15, 0.2) is 60.7 Å². The van der Waals surface area contributed by atoms with Gasteiger partial charge in [0, 0.05) is 11.1 Å². The van der Waals surface area contributed by atoms with Crippen molar-refractivity contribution in [3.8, 4) is 0 Å². The number of nitrogens with zero attached hydrogens (tertiary/aromatic N) is 4. The van der Waals surface area contributed by atoms with Crippen molar-refractivity contribution >= 4 is 29.9 Å². The van der Waals surface area contributed by atoms with Crippen LogP contribution in [-0.4, -0.2) is 38.7 Å². The lowest BCUT2D eigenvalue weighted by atomic mass is 10.2. The van der Waals surface area contributed by atoms with Crippen molar-refractivity contribution in [3.63, 3.8) is 0 Å². The first-order valence-electron chi connectivity index (χ1n) is 10.3. The number of fused-ring (bicyclic) bond motifs is 1. The highest BCUT2D eigenvalue weighted by Gasteiger charge is 2.36. The molecule has 0 bridgehead atoms. The molecule has 164 valence electrons. The van der Waals surface area contributed by atoms with Crippen LogP contribution in [0.2, 0.25) is 0 Å². The Balaban J connectivity index is 1.77. The lowest BCUT2D eigenvalue weighted by molar-refractivity contribution is -0.106.